The Balaban J connectivity index is 1.96. The van der Waals surface area contributed by atoms with E-state index in [4.69, 9.17) is 4.74 Å². The predicted octanol–water partition coefficient (Wildman–Crippen LogP) is 3.39. The molecule has 0 amide bonds. The molecular formula is C18H15F2N3O3. The molecule has 1 aromatic carbocycles. The molecule has 0 unspecified atom stereocenters. The van der Waals surface area contributed by atoms with Crippen molar-refractivity contribution in [1.82, 2.24) is 14.8 Å². The summed E-state index contributed by atoms with van der Waals surface area (Å²) in [5.41, 5.74) is 2.54. The highest BCUT2D eigenvalue weighted by molar-refractivity contribution is 5.72. The van der Waals surface area contributed by atoms with Crippen LogP contribution >= 0.6 is 0 Å². The molecule has 26 heavy (non-hydrogen) atoms. The first-order chi connectivity index (χ1) is 12.6. The zero-order valence-corrected chi connectivity index (χ0v) is 13.8. The highest BCUT2D eigenvalue weighted by Crippen LogP contribution is 2.26. The maximum absolute atomic E-state index is 12.2. The number of ether oxygens (including phenoxy) is 2. The third-order valence-corrected chi connectivity index (χ3v) is 3.58. The largest absolute Gasteiger partial charge is 0.468 e. The van der Waals surface area contributed by atoms with Gasteiger partial charge in [-0.1, -0.05) is 30.3 Å². The molecule has 0 fully saturated rings. The number of methoxy groups -OCH3 is 1. The van der Waals surface area contributed by atoms with Crippen LogP contribution in [0.4, 0.5) is 8.78 Å². The molecule has 2 heterocycles. The molecule has 0 radical (unpaired) electrons. The van der Waals surface area contributed by atoms with Gasteiger partial charge in [0.15, 0.2) is 0 Å². The number of benzene rings is 1. The lowest BCUT2D eigenvalue weighted by Gasteiger charge is -2.06. The number of rotatable bonds is 6. The quantitative estimate of drug-likeness (QED) is 0.631. The number of alkyl halides is 2. The van der Waals surface area contributed by atoms with Gasteiger partial charge in [-0.05, 0) is 23.8 Å². The molecule has 0 bridgehead atoms. The van der Waals surface area contributed by atoms with Crippen LogP contribution in [0.2, 0.25) is 0 Å². The molecule has 3 aromatic rings. The van der Waals surface area contributed by atoms with Gasteiger partial charge >= 0.3 is 12.6 Å². The van der Waals surface area contributed by atoms with E-state index in [2.05, 4.69) is 14.8 Å². The maximum atomic E-state index is 12.2. The molecule has 0 aliphatic carbocycles. The van der Waals surface area contributed by atoms with Crippen molar-refractivity contribution in [3.8, 4) is 28.4 Å². The Morgan fingerprint density at radius 1 is 1.15 bits per heavy atom. The average molecular weight is 359 g/mol. The zero-order valence-electron chi connectivity index (χ0n) is 13.8. The Morgan fingerprint density at radius 2 is 1.92 bits per heavy atom. The minimum Gasteiger partial charge on any atom is -0.468 e. The van der Waals surface area contributed by atoms with Crippen LogP contribution in [0.3, 0.4) is 0 Å². The first-order valence-corrected chi connectivity index (χ1v) is 7.68. The van der Waals surface area contributed by atoms with Gasteiger partial charge in [0.1, 0.15) is 18.0 Å². The van der Waals surface area contributed by atoms with Gasteiger partial charge < -0.3 is 9.47 Å². The number of esters is 1. The van der Waals surface area contributed by atoms with E-state index in [0.717, 1.165) is 5.56 Å². The van der Waals surface area contributed by atoms with Crippen LogP contribution in [-0.4, -0.2) is 34.5 Å². The molecule has 6 nitrogen and oxygen atoms in total. The number of aromatic nitrogens is 3. The predicted molar refractivity (Wildman–Crippen MR) is 89.5 cm³/mol. The summed E-state index contributed by atoms with van der Waals surface area (Å²) in [5.74, 6) is -0.480. The normalized spacial score (nSPS) is 10.8. The summed E-state index contributed by atoms with van der Waals surface area (Å²) in [6.45, 7) is -2.97. The maximum Gasteiger partial charge on any atom is 0.387 e. The highest BCUT2D eigenvalue weighted by atomic mass is 19.3. The number of carbonyl (C=O) groups is 1. The number of nitrogens with zero attached hydrogens (tertiary/aromatic N) is 3. The summed E-state index contributed by atoms with van der Waals surface area (Å²) >= 11 is 0. The number of halogens is 2. The van der Waals surface area contributed by atoms with Gasteiger partial charge in [0.25, 0.3) is 0 Å². The molecule has 0 spiro atoms. The summed E-state index contributed by atoms with van der Waals surface area (Å²) < 4.78 is 35.0. The van der Waals surface area contributed by atoms with Crippen molar-refractivity contribution in [2.24, 2.45) is 0 Å². The Kier molecular flexibility index (Phi) is 5.21. The highest BCUT2D eigenvalue weighted by Gasteiger charge is 2.15. The van der Waals surface area contributed by atoms with Gasteiger partial charge in [-0.25, -0.2) is 0 Å². The van der Waals surface area contributed by atoms with Crippen LogP contribution in [-0.2, 0) is 16.1 Å². The summed E-state index contributed by atoms with van der Waals surface area (Å²) in [5, 5.41) is 4.40. The van der Waals surface area contributed by atoms with E-state index in [9.17, 15) is 13.6 Å². The van der Waals surface area contributed by atoms with E-state index in [1.807, 2.05) is 30.3 Å². The fraction of sp³-hybridized carbons (Fsp3) is 0.167. The third kappa shape index (κ3) is 4.02. The molecule has 3 rings (SSSR count). The molecule has 8 heteroatoms. The van der Waals surface area contributed by atoms with E-state index in [1.54, 1.807) is 6.07 Å². The fourth-order valence-electron chi connectivity index (χ4n) is 2.39. The van der Waals surface area contributed by atoms with Crippen molar-refractivity contribution in [2.75, 3.05) is 7.11 Å². The van der Waals surface area contributed by atoms with E-state index < -0.39 is 12.6 Å². The average Bonchev–Trinajstić information content (AvgIpc) is 3.06. The van der Waals surface area contributed by atoms with Crippen molar-refractivity contribution in [2.45, 2.75) is 13.2 Å². The Hall–Kier alpha value is -3.29. The molecule has 0 aliphatic rings. The van der Waals surface area contributed by atoms with Crippen LogP contribution in [0, 0.1) is 0 Å². The minimum absolute atomic E-state index is 0.0407. The van der Waals surface area contributed by atoms with Crippen LogP contribution in [0.25, 0.3) is 22.6 Å². The summed E-state index contributed by atoms with van der Waals surface area (Å²) in [4.78, 5) is 15.8. The van der Waals surface area contributed by atoms with Crippen molar-refractivity contribution >= 4 is 5.97 Å². The van der Waals surface area contributed by atoms with E-state index in [1.165, 1.54) is 30.1 Å². The van der Waals surface area contributed by atoms with Crippen molar-refractivity contribution < 1.29 is 23.0 Å². The second kappa shape index (κ2) is 7.73. The van der Waals surface area contributed by atoms with Crippen molar-refractivity contribution in [1.29, 1.82) is 0 Å². The molecule has 0 N–H and O–H groups in total. The smallest absolute Gasteiger partial charge is 0.387 e. The molecular weight excluding hydrogens is 344 g/mol. The lowest BCUT2D eigenvalue weighted by Crippen LogP contribution is -2.13. The zero-order chi connectivity index (χ0) is 18.5. The Labute approximate surface area is 148 Å². The van der Waals surface area contributed by atoms with Crippen LogP contribution in [0.15, 0.2) is 54.7 Å². The summed E-state index contributed by atoms with van der Waals surface area (Å²) in [6, 6.07) is 14.1. The van der Waals surface area contributed by atoms with E-state index in [-0.39, 0.29) is 12.3 Å². The lowest BCUT2D eigenvalue weighted by atomic mass is 10.1. The molecule has 0 aliphatic heterocycles. The first-order valence-electron chi connectivity index (χ1n) is 7.68. The van der Waals surface area contributed by atoms with Gasteiger partial charge in [-0.2, -0.15) is 13.9 Å². The van der Waals surface area contributed by atoms with Crippen LogP contribution in [0.1, 0.15) is 0 Å². The third-order valence-electron chi connectivity index (χ3n) is 3.58. The first kappa shape index (κ1) is 17.5. The van der Waals surface area contributed by atoms with E-state index in [0.29, 0.717) is 17.1 Å². The van der Waals surface area contributed by atoms with Gasteiger partial charge in [0.05, 0.1) is 24.7 Å². The molecule has 0 atom stereocenters. The summed E-state index contributed by atoms with van der Waals surface area (Å²) in [7, 11) is 1.30. The SMILES string of the molecule is COC(=O)Cn1nc(-c2ccc(OC(F)F)cn2)cc1-c1ccccc1. The molecule has 0 saturated heterocycles. The second-order valence-electron chi connectivity index (χ2n) is 5.27. The standard InChI is InChI=1S/C18H15F2N3O3/c1-25-17(24)11-23-16(12-5-3-2-4-6-12)9-15(22-23)14-8-7-13(10-21-14)26-18(19)20/h2-10,18H,11H2,1H3. The van der Waals surface area contributed by atoms with E-state index >= 15 is 0 Å². The lowest BCUT2D eigenvalue weighted by molar-refractivity contribution is -0.141. The Morgan fingerprint density at radius 3 is 2.54 bits per heavy atom. The van der Waals surface area contributed by atoms with Gasteiger partial charge in [-0.15, -0.1) is 0 Å². The van der Waals surface area contributed by atoms with Gasteiger partial charge in [-0.3, -0.25) is 14.5 Å². The fourth-order valence-corrected chi connectivity index (χ4v) is 2.39. The van der Waals surface area contributed by atoms with Crippen LogP contribution < -0.4 is 4.74 Å². The topological polar surface area (TPSA) is 66.2 Å². The number of pyridine rings is 1. The Bertz CT molecular complexity index is 880. The van der Waals surface area contributed by atoms with Gasteiger partial charge in [0.2, 0.25) is 0 Å². The van der Waals surface area contributed by atoms with Crippen LogP contribution in [0.5, 0.6) is 5.75 Å². The molecule has 0 saturated carbocycles. The van der Waals surface area contributed by atoms with Crippen molar-refractivity contribution in [3.63, 3.8) is 0 Å². The van der Waals surface area contributed by atoms with Gasteiger partial charge in [0, 0.05) is 0 Å². The second-order valence-corrected chi connectivity index (χ2v) is 5.27. The molecule has 2 aromatic heterocycles. The van der Waals surface area contributed by atoms with Crippen molar-refractivity contribution in [3.05, 3.63) is 54.7 Å². The number of hydrogen-bond acceptors (Lipinski definition) is 5. The minimum atomic E-state index is -2.91. The monoisotopic (exact) mass is 359 g/mol. The molecule has 134 valence electrons. The number of hydrogen-bond donors (Lipinski definition) is 0. The summed E-state index contributed by atoms with van der Waals surface area (Å²) in [6.07, 6.45) is 1.20. The number of carbonyl (C=O) groups excluding carboxylic acids is 1.